The third-order valence-corrected chi connectivity index (χ3v) is 4.01. The Morgan fingerprint density at radius 1 is 1.00 bits per heavy atom. The summed E-state index contributed by atoms with van der Waals surface area (Å²) in [5.41, 5.74) is 5.82. The Balaban J connectivity index is 2.28. The fraction of sp³-hybridized carbons (Fsp3) is 0.600. The molecule has 0 aliphatic rings. The summed E-state index contributed by atoms with van der Waals surface area (Å²) in [4.78, 5) is 25.5. The molecule has 0 bridgehead atoms. The van der Waals surface area contributed by atoms with Crippen molar-refractivity contribution in [3.8, 4) is 5.75 Å². The first-order valence-corrected chi connectivity index (χ1v) is 9.69. The molecular weight excluding hydrogens is 380 g/mol. The summed E-state index contributed by atoms with van der Waals surface area (Å²) in [7, 11) is 0. The van der Waals surface area contributed by atoms with Crippen LogP contribution in [-0.2, 0) is 25.6 Å². The van der Waals surface area contributed by atoms with Gasteiger partial charge in [0.2, 0.25) is 5.91 Å². The number of carbonyl (C=O) groups is 2. The molecule has 9 heteroatoms. The number of phenols is 1. The largest absolute Gasteiger partial charge is 0.507 e. The van der Waals surface area contributed by atoms with Crippen LogP contribution in [0.2, 0.25) is 0 Å². The van der Waals surface area contributed by atoms with E-state index in [0.29, 0.717) is 58.2 Å². The molecule has 4 N–H and O–H groups in total. The summed E-state index contributed by atoms with van der Waals surface area (Å²) < 4.78 is 16.1. The van der Waals surface area contributed by atoms with Crippen molar-refractivity contribution >= 4 is 11.8 Å². The van der Waals surface area contributed by atoms with E-state index in [1.54, 1.807) is 0 Å². The Kier molecular flexibility index (Phi) is 12.8. The molecule has 0 spiro atoms. The van der Waals surface area contributed by atoms with Gasteiger partial charge in [-0.15, -0.1) is 0 Å². The minimum atomic E-state index is -0.608. The smallest absolute Gasteiger partial charge is 0.264 e. The van der Waals surface area contributed by atoms with Crippen molar-refractivity contribution in [1.82, 2.24) is 4.90 Å². The molecule has 0 saturated heterocycles. The number of aliphatic hydroxyl groups excluding tert-OH is 1. The predicted molar refractivity (Wildman–Crippen MR) is 106 cm³/mol. The third-order valence-electron chi connectivity index (χ3n) is 4.01. The number of ether oxygens (including phenoxy) is 3. The van der Waals surface area contributed by atoms with E-state index >= 15 is 0 Å². The number of nitrogens with zero attached hydrogens (tertiary/aromatic N) is 1. The van der Waals surface area contributed by atoms with Crippen LogP contribution in [0, 0.1) is 0 Å². The van der Waals surface area contributed by atoms with E-state index in [1.165, 1.54) is 25.1 Å². The monoisotopic (exact) mass is 412 g/mol. The van der Waals surface area contributed by atoms with Gasteiger partial charge in [0.25, 0.3) is 5.91 Å². The minimum Gasteiger partial charge on any atom is -0.507 e. The highest BCUT2D eigenvalue weighted by Gasteiger charge is 2.22. The molecule has 0 radical (unpaired) electrons. The van der Waals surface area contributed by atoms with Gasteiger partial charge in [0.15, 0.2) is 0 Å². The van der Waals surface area contributed by atoms with Crippen LogP contribution >= 0.6 is 0 Å². The molecule has 0 aromatic heterocycles. The SMILES string of the molecule is CC(=O)N(CCCOCCOCCOCCCN)C(=O)c1cc(CO)ccc1O. The van der Waals surface area contributed by atoms with Crippen LogP contribution in [-0.4, -0.2) is 79.7 Å². The minimum absolute atomic E-state index is 0.0188. The average molecular weight is 412 g/mol. The molecule has 29 heavy (non-hydrogen) atoms. The van der Waals surface area contributed by atoms with Gasteiger partial charge in [-0.05, 0) is 37.1 Å². The van der Waals surface area contributed by atoms with Crippen LogP contribution < -0.4 is 5.73 Å². The second-order valence-corrected chi connectivity index (χ2v) is 6.32. The number of hydrogen-bond donors (Lipinski definition) is 3. The number of aliphatic hydroxyl groups is 1. The Bertz CT molecular complexity index is 625. The lowest BCUT2D eigenvalue weighted by Gasteiger charge is -2.20. The number of hydrogen-bond acceptors (Lipinski definition) is 8. The Hall–Kier alpha value is -2.04. The topological polar surface area (TPSA) is 132 Å². The first-order chi connectivity index (χ1) is 14.0. The molecule has 0 unspecified atom stereocenters. The first kappa shape index (κ1) is 25.0. The Labute approximate surface area is 171 Å². The summed E-state index contributed by atoms with van der Waals surface area (Å²) >= 11 is 0. The van der Waals surface area contributed by atoms with Crippen LogP contribution in [0.25, 0.3) is 0 Å². The molecule has 0 heterocycles. The van der Waals surface area contributed by atoms with Gasteiger partial charge in [0.1, 0.15) is 5.75 Å². The normalized spacial score (nSPS) is 10.9. The van der Waals surface area contributed by atoms with Crippen LogP contribution in [0.1, 0.15) is 35.7 Å². The number of nitrogens with two attached hydrogens (primary N) is 1. The molecule has 1 rings (SSSR count). The number of imide groups is 1. The van der Waals surface area contributed by atoms with E-state index in [4.69, 9.17) is 19.9 Å². The fourth-order valence-electron chi connectivity index (χ4n) is 2.45. The molecular formula is C20H32N2O7. The van der Waals surface area contributed by atoms with Gasteiger partial charge in [-0.25, -0.2) is 0 Å². The van der Waals surface area contributed by atoms with Crippen molar-refractivity contribution in [2.45, 2.75) is 26.4 Å². The average Bonchev–Trinajstić information content (AvgIpc) is 2.71. The molecule has 0 aliphatic heterocycles. The molecule has 9 nitrogen and oxygen atoms in total. The fourth-order valence-corrected chi connectivity index (χ4v) is 2.45. The maximum atomic E-state index is 12.6. The molecule has 1 aromatic rings. The quantitative estimate of drug-likeness (QED) is 0.358. The van der Waals surface area contributed by atoms with E-state index < -0.39 is 11.8 Å². The van der Waals surface area contributed by atoms with Crippen molar-refractivity contribution < 1.29 is 34.0 Å². The van der Waals surface area contributed by atoms with Gasteiger partial charge >= 0.3 is 0 Å². The highest BCUT2D eigenvalue weighted by Crippen LogP contribution is 2.21. The number of rotatable bonds is 15. The molecule has 0 atom stereocenters. The number of phenolic OH excluding ortho intramolecular Hbond substituents is 1. The van der Waals surface area contributed by atoms with Crippen molar-refractivity contribution in [1.29, 1.82) is 0 Å². The molecule has 2 amide bonds. The van der Waals surface area contributed by atoms with Gasteiger partial charge in [0, 0.05) is 26.7 Å². The highest BCUT2D eigenvalue weighted by molar-refractivity contribution is 6.05. The Morgan fingerprint density at radius 2 is 1.59 bits per heavy atom. The summed E-state index contributed by atoms with van der Waals surface area (Å²) in [6.07, 6.45) is 1.28. The number of benzene rings is 1. The van der Waals surface area contributed by atoms with E-state index in [9.17, 15) is 19.8 Å². The maximum Gasteiger partial charge on any atom is 0.264 e. The van der Waals surface area contributed by atoms with E-state index in [-0.39, 0.29) is 24.5 Å². The molecule has 1 aromatic carbocycles. The van der Waals surface area contributed by atoms with Crippen molar-refractivity contribution in [3.05, 3.63) is 29.3 Å². The van der Waals surface area contributed by atoms with Gasteiger partial charge in [-0.3, -0.25) is 14.5 Å². The standard InChI is InChI=1S/C20H32N2O7/c1-16(24)22(20(26)18-14-17(15-23)4-5-19(18)25)7-3-9-28-11-13-29-12-10-27-8-2-6-21/h4-5,14,23,25H,2-3,6-13,15,21H2,1H3. The first-order valence-electron chi connectivity index (χ1n) is 9.69. The molecule has 0 aliphatic carbocycles. The summed E-state index contributed by atoms with van der Waals surface area (Å²) in [5, 5.41) is 19.1. The van der Waals surface area contributed by atoms with Crippen molar-refractivity contribution in [2.24, 2.45) is 5.73 Å². The lowest BCUT2D eigenvalue weighted by molar-refractivity contribution is -0.126. The number of aromatic hydroxyl groups is 1. The molecule has 0 saturated carbocycles. The summed E-state index contributed by atoms with van der Waals surface area (Å²) in [6.45, 7) is 4.60. The lowest BCUT2D eigenvalue weighted by Crippen LogP contribution is -2.36. The van der Waals surface area contributed by atoms with Crippen LogP contribution in [0.15, 0.2) is 18.2 Å². The molecule has 0 fully saturated rings. The van der Waals surface area contributed by atoms with Crippen LogP contribution in [0.4, 0.5) is 0 Å². The van der Waals surface area contributed by atoms with Gasteiger partial charge in [-0.1, -0.05) is 6.07 Å². The van der Waals surface area contributed by atoms with Gasteiger partial charge < -0.3 is 30.2 Å². The zero-order chi connectivity index (χ0) is 21.5. The zero-order valence-corrected chi connectivity index (χ0v) is 17.0. The van der Waals surface area contributed by atoms with Crippen LogP contribution in [0.5, 0.6) is 5.75 Å². The zero-order valence-electron chi connectivity index (χ0n) is 17.0. The highest BCUT2D eigenvalue weighted by atomic mass is 16.5. The van der Waals surface area contributed by atoms with Crippen molar-refractivity contribution in [2.75, 3.05) is 52.7 Å². The maximum absolute atomic E-state index is 12.6. The number of carbonyl (C=O) groups excluding carboxylic acids is 2. The Morgan fingerprint density at radius 3 is 2.14 bits per heavy atom. The second kappa shape index (κ2) is 14.9. The summed E-state index contributed by atoms with van der Waals surface area (Å²) in [6, 6.07) is 4.21. The lowest BCUT2D eigenvalue weighted by atomic mass is 10.1. The number of amides is 2. The van der Waals surface area contributed by atoms with Gasteiger partial charge in [0.05, 0.1) is 38.6 Å². The second-order valence-electron chi connectivity index (χ2n) is 6.32. The summed E-state index contributed by atoms with van der Waals surface area (Å²) in [5.74, 6) is -1.27. The van der Waals surface area contributed by atoms with Gasteiger partial charge in [-0.2, -0.15) is 0 Å². The van der Waals surface area contributed by atoms with E-state index in [2.05, 4.69) is 0 Å². The van der Waals surface area contributed by atoms with E-state index in [1.807, 2.05) is 0 Å². The van der Waals surface area contributed by atoms with Crippen molar-refractivity contribution in [3.63, 3.8) is 0 Å². The predicted octanol–water partition coefficient (Wildman–Crippen LogP) is 0.662. The van der Waals surface area contributed by atoms with Crippen LogP contribution in [0.3, 0.4) is 0 Å². The molecule has 164 valence electrons. The van der Waals surface area contributed by atoms with E-state index in [0.717, 1.165) is 11.3 Å². The third kappa shape index (κ3) is 9.82.